The second-order valence-corrected chi connectivity index (χ2v) is 12.9. The van der Waals surface area contributed by atoms with Crippen molar-refractivity contribution in [1.29, 1.82) is 0 Å². The van der Waals surface area contributed by atoms with Crippen molar-refractivity contribution in [2.75, 3.05) is 25.6 Å². The number of rotatable bonds is 11. The highest BCUT2D eigenvalue weighted by Gasteiger charge is 2.50. The molecule has 1 aromatic carbocycles. The Morgan fingerprint density at radius 2 is 1.83 bits per heavy atom. The number of aryl methyl sites for hydroxylation is 1. The molecule has 4 amide bonds. The van der Waals surface area contributed by atoms with Gasteiger partial charge in [0, 0.05) is 32.6 Å². The van der Waals surface area contributed by atoms with Crippen molar-refractivity contribution in [2.45, 2.75) is 70.0 Å². The molecule has 220 valence electrons. The van der Waals surface area contributed by atoms with Crippen molar-refractivity contribution in [2.24, 2.45) is 30.7 Å². The van der Waals surface area contributed by atoms with Gasteiger partial charge in [-0.2, -0.15) is 5.10 Å². The zero-order valence-electron chi connectivity index (χ0n) is 24.5. The highest BCUT2D eigenvalue weighted by molar-refractivity contribution is 6.00. The number of hydrogen-bond donors (Lipinski definition) is 3. The molecule has 2 aromatic rings. The number of amides is 4. The number of aromatic nitrogens is 2. The first-order valence-electron chi connectivity index (χ1n) is 15.0. The van der Waals surface area contributed by atoms with E-state index in [1.165, 1.54) is 4.68 Å². The van der Waals surface area contributed by atoms with Crippen molar-refractivity contribution < 1.29 is 19.1 Å². The number of fused-ring (bicyclic) bond motifs is 1. The van der Waals surface area contributed by atoms with Gasteiger partial charge in [-0.25, -0.2) is 4.79 Å². The molecule has 10 heteroatoms. The number of anilines is 1. The molecule has 4 aliphatic rings. The lowest BCUT2D eigenvalue weighted by atomic mass is 9.88. The number of benzene rings is 1. The van der Waals surface area contributed by atoms with Crippen molar-refractivity contribution in [1.82, 2.24) is 25.3 Å². The van der Waals surface area contributed by atoms with Crippen molar-refractivity contribution >= 4 is 23.5 Å². The fourth-order valence-corrected chi connectivity index (χ4v) is 7.06. The molecule has 10 nitrogen and oxygen atoms in total. The summed E-state index contributed by atoms with van der Waals surface area (Å²) in [5.41, 5.74) is 2.95. The Labute approximate surface area is 241 Å². The SMILES string of the molecule is COCC1(N2C[C@@H](C(C)C)NC2=O)Cc2ccc(NC(=O)[C@@H](NC(=O)c3ccnn3C)C(C3CC3)C3CC3)cc2C1. The van der Waals surface area contributed by atoms with Crippen molar-refractivity contribution in [3.63, 3.8) is 0 Å². The summed E-state index contributed by atoms with van der Waals surface area (Å²) in [6.45, 7) is 5.34. The number of ether oxygens (including phenoxy) is 1. The Morgan fingerprint density at radius 3 is 2.41 bits per heavy atom. The molecule has 2 heterocycles. The molecule has 0 spiro atoms. The average Bonchev–Trinajstić information content (AvgIpc) is 3.83. The molecule has 0 radical (unpaired) electrons. The molecule has 0 bridgehead atoms. The van der Waals surface area contributed by atoms with Gasteiger partial charge >= 0.3 is 6.03 Å². The second kappa shape index (κ2) is 10.8. The maximum atomic E-state index is 13.9. The summed E-state index contributed by atoms with van der Waals surface area (Å²) in [7, 11) is 3.41. The highest BCUT2D eigenvalue weighted by Crippen LogP contribution is 2.51. The minimum atomic E-state index is -0.612. The third kappa shape index (κ3) is 5.46. The van der Waals surface area contributed by atoms with Crippen LogP contribution in [-0.4, -0.2) is 70.4 Å². The number of hydrogen-bond acceptors (Lipinski definition) is 5. The average molecular weight is 563 g/mol. The third-order valence-electron chi connectivity index (χ3n) is 9.58. The normalized spacial score (nSPS) is 24.5. The van der Waals surface area contributed by atoms with Gasteiger partial charge < -0.3 is 25.6 Å². The monoisotopic (exact) mass is 562 g/mol. The molecule has 6 rings (SSSR count). The molecule has 3 fully saturated rings. The van der Waals surface area contributed by atoms with Gasteiger partial charge in [0.05, 0.1) is 18.2 Å². The number of carbonyl (C=O) groups excluding carboxylic acids is 3. The lowest BCUT2D eigenvalue weighted by molar-refractivity contribution is -0.119. The Hall–Kier alpha value is -3.40. The van der Waals surface area contributed by atoms with Crippen LogP contribution in [0.3, 0.4) is 0 Å². The maximum Gasteiger partial charge on any atom is 0.318 e. The van der Waals surface area contributed by atoms with E-state index in [9.17, 15) is 14.4 Å². The molecule has 3 atom stereocenters. The quantitative estimate of drug-likeness (QED) is 0.389. The van der Waals surface area contributed by atoms with Crippen LogP contribution in [-0.2, 0) is 29.4 Å². The van der Waals surface area contributed by atoms with Gasteiger partial charge in [0.2, 0.25) is 5.91 Å². The molecular weight excluding hydrogens is 520 g/mol. The molecule has 1 aromatic heterocycles. The largest absolute Gasteiger partial charge is 0.382 e. The van der Waals surface area contributed by atoms with Crippen LogP contribution in [0.25, 0.3) is 0 Å². The van der Waals surface area contributed by atoms with E-state index in [0.717, 1.165) is 36.8 Å². The van der Waals surface area contributed by atoms with E-state index in [1.54, 1.807) is 26.4 Å². The smallest absolute Gasteiger partial charge is 0.318 e. The zero-order valence-corrected chi connectivity index (χ0v) is 24.5. The van der Waals surface area contributed by atoms with Gasteiger partial charge in [-0.3, -0.25) is 14.3 Å². The van der Waals surface area contributed by atoms with Crippen LogP contribution < -0.4 is 16.0 Å². The molecule has 1 saturated heterocycles. The molecule has 2 saturated carbocycles. The first-order chi connectivity index (χ1) is 19.7. The first-order valence-corrected chi connectivity index (χ1v) is 15.0. The van der Waals surface area contributed by atoms with Gasteiger partial charge in [0.1, 0.15) is 11.7 Å². The van der Waals surface area contributed by atoms with E-state index in [2.05, 4.69) is 41.0 Å². The van der Waals surface area contributed by atoms with E-state index in [4.69, 9.17) is 4.74 Å². The van der Waals surface area contributed by atoms with Crippen LogP contribution in [0.2, 0.25) is 0 Å². The van der Waals surface area contributed by atoms with E-state index in [1.807, 2.05) is 17.0 Å². The Bertz CT molecular complexity index is 1320. The lowest BCUT2D eigenvalue weighted by Gasteiger charge is -2.37. The van der Waals surface area contributed by atoms with Crippen LogP contribution in [0.5, 0.6) is 0 Å². The van der Waals surface area contributed by atoms with E-state index < -0.39 is 11.6 Å². The Morgan fingerprint density at radius 1 is 1.12 bits per heavy atom. The predicted molar refractivity (Wildman–Crippen MR) is 154 cm³/mol. The molecular formula is C31H42N6O4. The summed E-state index contributed by atoms with van der Waals surface area (Å²) < 4.78 is 7.20. The molecule has 1 unspecified atom stereocenters. The summed E-state index contributed by atoms with van der Waals surface area (Å²) in [6.07, 6.45) is 7.38. The number of carbonyl (C=O) groups is 3. The van der Waals surface area contributed by atoms with Crippen LogP contribution in [0.15, 0.2) is 30.5 Å². The van der Waals surface area contributed by atoms with Gasteiger partial charge in [-0.05, 0) is 91.5 Å². The minimum Gasteiger partial charge on any atom is -0.382 e. The Balaban J connectivity index is 1.21. The van der Waals surface area contributed by atoms with Crippen molar-refractivity contribution in [3.05, 3.63) is 47.3 Å². The van der Waals surface area contributed by atoms with Crippen LogP contribution in [0.1, 0.15) is 61.1 Å². The number of nitrogens with zero attached hydrogens (tertiary/aromatic N) is 3. The summed E-state index contributed by atoms with van der Waals surface area (Å²) in [5.74, 6) is 0.971. The van der Waals surface area contributed by atoms with Gasteiger partial charge in [-0.1, -0.05) is 19.9 Å². The first kappa shape index (κ1) is 27.8. The molecule has 41 heavy (non-hydrogen) atoms. The van der Waals surface area contributed by atoms with E-state index in [0.29, 0.717) is 55.1 Å². The summed E-state index contributed by atoms with van der Waals surface area (Å²) >= 11 is 0. The van der Waals surface area contributed by atoms with Crippen LogP contribution >= 0.6 is 0 Å². The minimum absolute atomic E-state index is 0.0414. The maximum absolute atomic E-state index is 13.9. The summed E-state index contributed by atoms with van der Waals surface area (Å²) in [6, 6.07) is 7.15. The number of methoxy groups -OCH3 is 1. The summed E-state index contributed by atoms with van der Waals surface area (Å²) in [5, 5.41) is 13.5. The molecule has 1 aliphatic heterocycles. The summed E-state index contributed by atoms with van der Waals surface area (Å²) in [4.78, 5) is 42.0. The van der Waals surface area contributed by atoms with E-state index in [-0.39, 0.29) is 29.8 Å². The Kier molecular flexibility index (Phi) is 7.30. The van der Waals surface area contributed by atoms with Crippen LogP contribution in [0, 0.1) is 23.7 Å². The molecule has 3 N–H and O–H groups in total. The van der Waals surface area contributed by atoms with Gasteiger partial charge in [-0.15, -0.1) is 0 Å². The topological polar surface area (TPSA) is 118 Å². The van der Waals surface area contributed by atoms with Gasteiger partial charge in [0.15, 0.2) is 0 Å². The number of nitrogens with one attached hydrogen (secondary N) is 3. The fourth-order valence-electron chi connectivity index (χ4n) is 7.06. The highest BCUT2D eigenvalue weighted by atomic mass is 16.5. The lowest BCUT2D eigenvalue weighted by Crippen LogP contribution is -2.54. The molecule has 3 aliphatic carbocycles. The second-order valence-electron chi connectivity index (χ2n) is 12.9. The van der Waals surface area contributed by atoms with Gasteiger partial charge in [0.25, 0.3) is 5.91 Å². The van der Waals surface area contributed by atoms with E-state index >= 15 is 0 Å². The standard InChI is InChI=1S/C31H42N6O4/c1-18(2)24-16-37(30(40)34-24)31(17-41-4)14-21-9-10-23(13-22(21)15-31)33-29(39)27(26(19-5-6-19)20-7-8-20)35-28(38)25-11-12-32-36(25)3/h9-13,18-20,24,26-27H,5-8,14-17H2,1-4H3,(H,33,39)(H,34,40)(H,35,38)/t24-,27-,31?/m0/s1. The third-order valence-corrected chi connectivity index (χ3v) is 9.58. The zero-order chi connectivity index (χ0) is 28.9. The predicted octanol–water partition coefficient (Wildman–Crippen LogP) is 3.13. The number of urea groups is 1. The van der Waals surface area contributed by atoms with Crippen molar-refractivity contribution in [3.8, 4) is 0 Å². The van der Waals surface area contributed by atoms with Crippen LogP contribution in [0.4, 0.5) is 10.5 Å². The fraction of sp³-hybridized carbons (Fsp3) is 0.613.